The lowest BCUT2D eigenvalue weighted by molar-refractivity contribution is 0.0924. The van der Waals surface area contributed by atoms with Crippen LogP contribution in [0.4, 0.5) is 0 Å². The number of nitrogens with zero attached hydrogens (tertiary/aromatic N) is 1. The average Bonchev–Trinajstić information content (AvgIpc) is 2.80. The first-order valence-electron chi connectivity index (χ1n) is 5.66. The van der Waals surface area contributed by atoms with E-state index in [2.05, 4.69) is 10.3 Å². The van der Waals surface area contributed by atoms with Crippen molar-refractivity contribution in [3.63, 3.8) is 0 Å². The number of pyridine rings is 1. The molecular weight excluding hydrogens is 234 g/mol. The van der Waals surface area contributed by atoms with Crippen LogP contribution < -0.4 is 11.1 Å². The van der Waals surface area contributed by atoms with E-state index in [1.165, 1.54) is 6.20 Å². The maximum absolute atomic E-state index is 12.0. The van der Waals surface area contributed by atoms with Gasteiger partial charge in [-0.25, -0.2) is 0 Å². The summed E-state index contributed by atoms with van der Waals surface area (Å²) in [6.07, 6.45) is 6.92. The number of amides is 1. The third kappa shape index (κ3) is 2.44. The second-order valence-corrected chi connectivity index (χ2v) is 4.79. The molecule has 17 heavy (non-hydrogen) atoms. The van der Waals surface area contributed by atoms with Gasteiger partial charge < -0.3 is 11.1 Å². The number of hydrogen-bond donors (Lipinski definition) is 2. The van der Waals surface area contributed by atoms with E-state index in [-0.39, 0.29) is 5.91 Å². The van der Waals surface area contributed by atoms with E-state index in [0.717, 1.165) is 25.7 Å². The van der Waals surface area contributed by atoms with Gasteiger partial charge in [-0.3, -0.25) is 9.78 Å². The van der Waals surface area contributed by atoms with Crippen LogP contribution in [0.2, 0.25) is 0 Å². The highest BCUT2D eigenvalue weighted by molar-refractivity contribution is 7.80. The third-order valence-corrected chi connectivity index (χ3v) is 3.60. The highest BCUT2D eigenvalue weighted by atomic mass is 32.1. The Hall–Kier alpha value is -1.49. The minimum atomic E-state index is -0.498. The molecule has 1 amide bonds. The summed E-state index contributed by atoms with van der Waals surface area (Å²) in [7, 11) is 0. The molecule has 0 bridgehead atoms. The smallest absolute Gasteiger partial charge is 0.253 e. The Morgan fingerprint density at radius 2 is 2.18 bits per heavy atom. The third-order valence-electron chi connectivity index (χ3n) is 3.21. The number of carbonyl (C=O) groups is 1. The minimum Gasteiger partial charge on any atom is -0.391 e. The molecule has 0 saturated heterocycles. The molecule has 4 nitrogen and oxygen atoms in total. The van der Waals surface area contributed by atoms with Crippen LogP contribution in [-0.2, 0) is 0 Å². The molecule has 5 heteroatoms. The molecule has 0 aliphatic heterocycles. The van der Waals surface area contributed by atoms with Crippen LogP contribution in [0.25, 0.3) is 0 Å². The minimum absolute atomic E-state index is 0.159. The molecule has 1 fully saturated rings. The molecule has 1 aromatic heterocycles. The van der Waals surface area contributed by atoms with Crippen molar-refractivity contribution < 1.29 is 4.79 Å². The molecule has 0 aromatic carbocycles. The molecule has 1 aliphatic rings. The Morgan fingerprint density at radius 1 is 1.47 bits per heavy atom. The molecule has 0 radical (unpaired) electrons. The van der Waals surface area contributed by atoms with Crippen molar-refractivity contribution in [3.05, 3.63) is 30.1 Å². The maximum Gasteiger partial charge on any atom is 0.253 e. The number of hydrogen-bond acceptors (Lipinski definition) is 3. The second-order valence-electron chi connectivity index (χ2n) is 4.35. The van der Waals surface area contributed by atoms with E-state index in [4.69, 9.17) is 18.0 Å². The topological polar surface area (TPSA) is 68.0 Å². The van der Waals surface area contributed by atoms with Crippen LogP contribution >= 0.6 is 12.2 Å². The van der Waals surface area contributed by atoms with Gasteiger partial charge in [0.2, 0.25) is 0 Å². The van der Waals surface area contributed by atoms with E-state index < -0.39 is 5.54 Å². The van der Waals surface area contributed by atoms with E-state index >= 15 is 0 Å². The zero-order valence-electron chi connectivity index (χ0n) is 9.48. The van der Waals surface area contributed by atoms with E-state index in [1.807, 2.05) is 0 Å². The Balaban J connectivity index is 2.15. The van der Waals surface area contributed by atoms with Crippen molar-refractivity contribution in [2.24, 2.45) is 5.73 Å². The quantitative estimate of drug-likeness (QED) is 0.795. The Kier molecular flexibility index (Phi) is 3.38. The first-order valence-corrected chi connectivity index (χ1v) is 6.07. The van der Waals surface area contributed by atoms with Crippen molar-refractivity contribution in [2.75, 3.05) is 0 Å². The molecule has 1 aromatic rings. The number of aromatic nitrogens is 1. The van der Waals surface area contributed by atoms with Gasteiger partial charge in [-0.15, -0.1) is 0 Å². The Bertz CT molecular complexity index is 427. The van der Waals surface area contributed by atoms with Crippen molar-refractivity contribution in [2.45, 2.75) is 31.2 Å². The fourth-order valence-electron chi connectivity index (χ4n) is 2.20. The molecule has 90 valence electrons. The largest absolute Gasteiger partial charge is 0.391 e. The summed E-state index contributed by atoms with van der Waals surface area (Å²) in [6, 6.07) is 3.46. The molecule has 0 unspecified atom stereocenters. The normalized spacial score (nSPS) is 17.6. The van der Waals surface area contributed by atoms with Gasteiger partial charge in [-0.2, -0.15) is 0 Å². The average molecular weight is 249 g/mol. The molecule has 2 rings (SSSR count). The van der Waals surface area contributed by atoms with E-state index in [0.29, 0.717) is 10.6 Å². The Labute approximate surface area is 106 Å². The summed E-state index contributed by atoms with van der Waals surface area (Å²) in [6.45, 7) is 0. The van der Waals surface area contributed by atoms with Crippen LogP contribution in [0, 0.1) is 0 Å². The molecule has 0 atom stereocenters. The van der Waals surface area contributed by atoms with Crippen LogP contribution in [0.15, 0.2) is 24.5 Å². The van der Waals surface area contributed by atoms with Gasteiger partial charge in [0.1, 0.15) is 0 Å². The summed E-state index contributed by atoms with van der Waals surface area (Å²) in [5.74, 6) is -0.159. The maximum atomic E-state index is 12.0. The number of thiocarbonyl (C=S) groups is 1. The van der Waals surface area contributed by atoms with Gasteiger partial charge in [0.25, 0.3) is 5.91 Å². The molecule has 1 saturated carbocycles. The SMILES string of the molecule is NC(=S)C1(NC(=O)c2cccnc2)CCCC1. The Morgan fingerprint density at radius 3 is 2.71 bits per heavy atom. The zero-order valence-corrected chi connectivity index (χ0v) is 10.3. The van der Waals surface area contributed by atoms with Gasteiger partial charge >= 0.3 is 0 Å². The lowest BCUT2D eigenvalue weighted by atomic mass is 9.97. The summed E-state index contributed by atoms with van der Waals surface area (Å²) in [5.41, 5.74) is 5.80. The van der Waals surface area contributed by atoms with Crippen molar-refractivity contribution in [3.8, 4) is 0 Å². The lowest BCUT2D eigenvalue weighted by Gasteiger charge is -2.29. The molecule has 3 N–H and O–H groups in total. The van der Waals surface area contributed by atoms with Gasteiger partial charge in [0, 0.05) is 12.4 Å². The highest BCUT2D eigenvalue weighted by Gasteiger charge is 2.38. The van der Waals surface area contributed by atoms with Gasteiger partial charge in [0.05, 0.1) is 16.1 Å². The van der Waals surface area contributed by atoms with Crippen molar-refractivity contribution >= 4 is 23.1 Å². The van der Waals surface area contributed by atoms with Crippen LogP contribution in [0.3, 0.4) is 0 Å². The zero-order chi connectivity index (χ0) is 12.3. The predicted molar refractivity (Wildman–Crippen MR) is 69.7 cm³/mol. The van der Waals surface area contributed by atoms with Gasteiger partial charge in [-0.05, 0) is 25.0 Å². The number of carbonyl (C=O) groups excluding carboxylic acids is 1. The molecule has 1 aliphatic carbocycles. The van der Waals surface area contributed by atoms with Crippen LogP contribution in [0.5, 0.6) is 0 Å². The van der Waals surface area contributed by atoms with Crippen molar-refractivity contribution in [1.82, 2.24) is 10.3 Å². The summed E-state index contributed by atoms with van der Waals surface area (Å²) < 4.78 is 0. The van der Waals surface area contributed by atoms with E-state index in [1.54, 1.807) is 18.3 Å². The van der Waals surface area contributed by atoms with Crippen LogP contribution in [0.1, 0.15) is 36.0 Å². The first kappa shape index (κ1) is 12.0. The molecule has 0 spiro atoms. The molecule has 1 heterocycles. The first-order chi connectivity index (χ1) is 8.14. The number of rotatable bonds is 3. The highest BCUT2D eigenvalue weighted by Crippen LogP contribution is 2.30. The number of nitrogens with two attached hydrogens (primary N) is 1. The standard InChI is InChI=1S/C12H15N3OS/c13-11(17)12(5-1-2-6-12)15-10(16)9-4-3-7-14-8-9/h3-4,7-8H,1-2,5-6H2,(H2,13,17)(H,15,16). The predicted octanol–water partition coefficient (Wildman–Crippen LogP) is 1.41. The fraction of sp³-hybridized carbons (Fsp3) is 0.417. The lowest BCUT2D eigenvalue weighted by Crippen LogP contribution is -2.54. The van der Waals surface area contributed by atoms with Crippen LogP contribution in [-0.4, -0.2) is 21.4 Å². The summed E-state index contributed by atoms with van der Waals surface area (Å²) >= 11 is 5.08. The number of nitrogens with one attached hydrogen (secondary N) is 1. The summed E-state index contributed by atoms with van der Waals surface area (Å²) in [4.78, 5) is 16.3. The second kappa shape index (κ2) is 4.79. The summed E-state index contributed by atoms with van der Waals surface area (Å²) in [5, 5.41) is 2.96. The van der Waals surface area contributed by atoms with Gasteiger partial charge in [-0.1, -0.05) is 25.1 Å². The van der Waals surface area contributed by atoms with Crippen molar-refractivity contribution in [1.29, 1.82) is 0 Å². The van der Waals surface area contributed by atoms with E-state index in [9.17, 15) is 4.79 Å². The fourth-order valence-corrected chi connectivity index (χ4v) is 2.45. The molecular formula is C12H15N3OS. The monoisotopic (exact) mass is 249 g/mol. The van der Waals surface area contributed by atoms with Gasteiger partial charge in [0.15, 0.2) is 0 Å².